The zero-order valence-electron chi connectivity index (χ0n) is 11.0. The van der Waals surface area contributed by atoms with Crippen LogP contribution < -0.4 is 16.0 Å². The van der Waals surface area contributed by atoms with Crippen molar-refractivity contribution in [3.63, 3.8) is 0 Å². The summed E-state index contributed by atoms with van der Waals surface area (Å²) in [6.07, 6.45) is 2.22. The van der Waals surface area contributed by atoms with E-state index in [4.69, 9.17) is 0 Å². The molecule has 5 nitrogen and oxygen atoms in total. The molecule has 0 aromatic rings. The third kappa shape index (κ3) is 8.23. The van der Waals surface area contributed by atoms with Crippen LogP contribution in [0.1, 0.15) is 33.6 Å². The third-order valence-corrected chi connectivity index (χ3v) is 2.08. The summed E-state index contributed by atoms with van der Waals surface area (Å²) in [5, 5.41) is 9.09. The maximum Gasteiger partial charge on any atom is 0.239 e. The summed E-state index contributed by atoms with van der Waals surface area (Å²) < 4.78 is 0. The van der Waals surface area contributed by atoms with Crippen molar-refractivity contribution in [2.75, 3.05) is 13.6 Å². The Labute approximate surface area is 120 Å². The highest BCUT2D eigenvalue weighted by atomic mass is 127. The summed E-state index contributed by atoms with van der Waals surface area (Å²) in [5.74, 6) is 0.679. The van der Waals surface area contributed by atoms with E-state index >= 15 is 0 Å². The van der Waals surface area contributed by atoms with Crippen LogP contribution in [0.3, 0.4) is 0 Å². The molecule has 1 aliphatic rings. The van der Waals surface area contributed by atoms with Crippen LogP contribution in [0.5, 0.6) is 0 Å². The first kappa shape index (κ1) is 16.5. The summed E-state index contributed by atoms with van der Waals surface area (Å²) in [6, 6.07) is 0.409. The molecular formula is C11H23IN4O. The van der Waals surface area contributed by atoms with Crippen LogP contribution in [-0.4, -0.2) is 37.0 Å². The van der Waals surface area contributed by atoms with Crippen molar-refractivity contribution < 1.29 is 4.79 Å². The van der Waals surface area contributed by atoms with Crippen molar-refractivity contribution in [3.05, 3.63) is 0 Å². The minimum Gasteiger partial charge on any atom is -0.352 e. The lowest BCUT2D eigenvalue weighted by molar-refractivity contribution is -0.120. The van der Waals surface area contributed by atoms with Gasteiger partial charge >= 0.3 is 0 Å². The summed E-state index contributed by atoms with van der Waals surface area (Å²) in [7, 11) is 1.69. The monoisotopic (exact) mass is 354 g/mol. The number of guanidine groups is 1. The van der Waals surface area contributed by atoms with E-state index in [1.807, 2.05) is 20.8 Å². The van der Waals surface area contributed by atoms with E-state index in [0.717, 1.165) is 12.8 Å². The Morgan fingerprint density at radius 2 is 1.94 bits per heavy atom. The van der Waals surface area contributed by atoms with Crippen molar-refractivity contribution in [1.29, 1.82) is 0 Å². The number of carbonyl (C=O) groups is 1. The molecule has 0 bridgehead atoms. The molecule has 17 heavy (non-hydrogen) atoms. The van der Waals surface area contributed by atoms with Crippen LogP contribution in [-0.2, 0) is 4.79 Å². The van der Waals surface area contributed by atoms with Crippen molar-refractivity contribution in [2.24, 2.45) is 4.99 Å². The van der Waals surface area contributed by atoms with Gasteiger partial charge in [-0.15, -0.1) is 24.0 Å². The molecule has 0 unspecified atom stereocenters. The molecule has 6 heteroatoms. The van der Waals surface area contributed by atoms with Gasteiger partial charge in [0.2, 0.25) is 5.91 Å². The first-order valence-electron chi connectivity index (χ1n) is 5.69. The number of aliphatic imine (C=N–C) groups is 1. The van der Waals surface area contributed by atoms with E-state index in [-0.39, 0.29) is 42.0 Å². The molecule has 3 N–H and O–H groups in total. The molecule has 0 spiro atoms. The highest BCUT2D eigenvalue weighted by Gasteiger charge is 2.23. The fourth-order valence-corrected chi connectivity index (χ4v) is 1.20. The molecule has 1 fully saturated rings. The topological polar surface area (TPSA) is 65.5 Å². The second kappa shape index (κ2) is 7.03. The average Bonchev–Trinajstić information content (AvgIpc) is 2.94. The Kier molecular flexibility index (Phi) is 6.81. The fraction of sp³-hybridized carbons (Fsp3) is 0.818. The van der Waals surface area contributed by atoms with Gasteiger partial charge in [0, 0.05) is 18.6 Å². The van der Waals surface area contributed by atoms with Gasteiger partial charge in [0.25, 0.3) is 0 Å². The molecule has 1 amide bonds. The molecule has 1 saturated carbocycles. The number of amides is 1. The van der Waals surface area contributed by atoms with Gasteiger partial charge in [0.1, 0.15) is 0 Å². The van der Waals surface area contributed by atoms with Gasteiger partial charge in [-0.25, -0.2) is 0 Å². The molecule has 100 valence electrons. The Balaban J connectivity index is 0.00000256. The summed E-state index contributed by atoms with van der Waals surface area (Å²) in [4.78, 5) is 15.5. The van der Waals surface area contributed by atoms with Crippen molar-refractivity contribution in [1.82, 2.24) is 16.0 Å². The number of halogens is 1. The van der Waals surface area contributed by atoms with Crippen LogP contribution in [0.15, 0.2) is 4.99 Å². The molecule has 0 aliphatic heterocycles. The second-order valence-corrected chi connectivity index (χ2v) is 5.14. The number of nitrogens with one attached hydrogen (secondary N) is 3. The van der Waals surface area contributed by atoms with Crippen LogP contribution in [0.25, 0.3) is 0 Å². The quantitative estimate of drug-likeness (QED) is 0.400. The van der Waals surface area contributed by atoms with Gasteiger partial charge in [-0.2, -0.15) is 0 Å². The second-order valence-electron chi connectivity index (χ2n) is 5.14. The Bertz CT molecular complexity index is 282. The maximum absolute atomic E-state index is 11.4. The SMILES string of the molecule is CN=C(NCC(=O)NC1CC1)NC(C)(C)C.I. The Hall–Kier alpha value is -0.530. The first-order valence-corrected chi connectivity index (χ1v) is 5.69. The van der Waals surface area contributed by atoms with Crippen LogP contribution in [0, 0.1) is 0 Å². The lowest BCUT2D eigenvalue weighted by Crippen LogP contribution is -2.50. The Morgan fingerprint density at radius 3 is 2.35 bits per heavy atom. The van der Waals surface area contributed by atoms with Crippen molar-refractivity contribution in [3.8, 4) is 0 Å². The first-order chi connectivity index (χ1) is 7.40. The van der Waals surface area contributed by atoms with Crippen LogP contribution >= 0.6 is 24.0 Å². The van der Waals surface area contributed by atoms with Crippen LogP contribution in [0.4, 0.5) is 0 Å². The van der Waals surface area contributed by atoms with Crippen LogP contribution in [0.2, 0.25) is 0 Å². The average molecular weight is 354 g/mol. The van der Waals surface area contributed by atoms with Gasteiger partial charge in [-0.1, -0.05) is 0 Å². The smallest absolute Gasteiger partial charge is 0.239 e. The lowest BCUT2D eigenvalue weighted by Gasteiger charge is -2.23. The lowest BCUT2D eigenvalue weighted by atomic mass is 10.1. The summed E-state index contributed by atoms with van der Waals surface area (Å²) in [6.45, 7) is 6.41. The molecular weight excluding hydrogens is 331 g/mol. The van der Waals surface area contributed by atoms with Gasteiger partial charge in [0.05, 0.1) is 6.54 Å². The summed E-state index contributed by atoms with van der Waals surface area (Å²) in [5.41, 5.74) is -0.0607. The fourth-order valence-electron chi connectivity index (χ4n) is 1.20. The molecule has 1 aliphatic carbocycles. The minimum absolute atomic E-state index is 0. The summed E-state index contributed by atoms with van der Waals surface area (Å²) >= 11 is 0. The molecule has 0 heterocycles. The van der Waals surface area contributed by atoms with Gasteiger partial charge in [-0.3, -0.25) is 9.79 Å². The van der Waals surface area contributed by atoms with Crippen molar-refractivity contribution in [2.45, 2.75) is 45.2 Å². The maximum atomic E-state index is 11.4. The largest absolute Gasteiger partial charge is 0.352 e. The number of rotatable bonds is 3. The molecule has 0 radical (unpaired) electrons. The molecule has 1 rings (SSSR count). The molecule has 0 aromatic carbocycles. The highest BCUT2D eigenvalue weighted by Crippen LogP contribution is 2.18. The Morgan fingerprint density at radius 1 is 1.35 bits per heavy atom. The zero-order valence-corrected chi connectivity index (χ0v) is 13.3. The van der Waals surface area contributed by atoms with Crippen molar-refractivity contribution >= 4 is 35.8 Å². The zero-order chi connectivity index (χ0) is 12.2. The third-order valence-electron chi connectivity index (χ3n) is 2.08. The van der Waals surface area contributed by atoms with E-state index in [2.05, 4.69) is 20.9 Å². The van der Waals surface area contributed by atoms with E-state index in [0.29, 0.717) is 12.0 Å². The number of hydrogen-bond acceptors (Lipinski definition) is 2. The van der Waals surface area contributed by atoms with Gasteiger partial charge in [0.15, 0.2) is 5.96 Å². The van der Waals surface area contributed by atoms with E-state index < -0.39 is 0 Å². The van der Waals surface area contributed by atoms with E-state index in [1.165, 1.54) is 0 Å². The normalized spacial score (nSPS) is 15.9. The highest BCUT2D eigenvalue weighted by molar-refractivity contribution is 14.0. The number of carbonyl (C=O) groups excluding carboxylic acids is 1. The van der Waals surface area contributed by atoms with E-state index in [1.54, 1.807) is 7.05 Å². The molecule has 0 atom stereocenters. The van der Waals surface area contributed by atoms with Gasteiger partial charge in [-0.05, 0) is 33.6 Å². The van der Waals surface area contributed by atoms with Gasteiger partial charge < -0.3 is 16.0 Å². The van der Waals surface area contributed by atoms with E-state index in [9.17, 15) is 4.79 Å². The standard InChI is InChI=1S/C11H22N4O.HI/c1-11(2,3)15-10(12-4)13-7-9(16)14-8-5-6-8;/h8H,5-7H2,1-4H3,(H,14,16)(H2,12,13,15);1H. The number of hydrogen-bond donors (Lipinski definition) is 3. The molecule has 0 saturated heterocycles. The predicted molar refractivity (Wildman–Crippen MR) is 80.8 cm³/mol. The molecule has 0 aromatic heterocycles. The number of nitrogens with zero attached hydrogens (tertiary/aromatic N) is 1. The predicted octanol–water partition coefficient (Wildman–Crippen LogP) is 0.846. The minimum atomic E-state index is -0.0607.